The number of fused-ring (bicyclic) bond motifs is 4. The second-order valence-corrected chi connectivity index (χ2v) is 19.0. The highest BCUT2D eigenvalue weighted by molar-refractivity contribution is 6.74. The van der Waals surface area contributed by atoms with Crippen LogP contribution in [0.15, 0.2) is 24.3 Å². The molecule has 1 saturated heterocycles. The fraction of sp³-hybridized carbons (Fsp3) is 0.645. The van der Waals surface area contributed by atoms with Crippen LogP contribution in [0.3, 0.4) is 0 Å². The molecular formula is C31H39ClF3NO3Si. The lowest BCUT2D eigenvalue weighted by Crippen LogP contribution is -2.46. The van der Waals surface area contributed by atoms with E-state index in [4.69, 9.17) is 30.5 Å². The van der Waals surface area contributed by atoms with Crippen molar-refractivity contribution in [3.8, 4) is 0 Å². The van der Waals surface area contributed by atoms with E-state index in [1.165, 1.54) is 31.4 Å². The van der Waals surface area contributed by atoms with Crippen molar-refractivity contribution in [2.45, 2.75) is 108 Å². The molecule has 2 atom stereocenters. The first-order valence-electron chi connectivity index (χ1n) is 14.5. The summed E-state index contributed by atoms with van der Waals surface area (Å²) in [6, 6.07) is 5.27. The van der Waals surface area contributed by atoms with Gasteiger partial charge in [-0.3, -0.25) is 0 Å². The van der Waals surface area contributed by atoms with Crippen LogP contribution in [0.25, 0.3) is 0 Å². The Balaban J connectivity index is 1.53. The monoisotopic (exact) mass is 593 g/mol. The summed E-state index contributed by atoms with van der Waals surface area (Å²) in [5.74, 6) is 0. The summed E-state index contributed by atoms with van der Waals surface area (Å²) in [4.78, 5) is 5.03. The fourth-order valence-electron chi connectivity index (χ4n) is 6.95. The number of benzene rings is 1. The molecule has 4 aliphatic rings. The van der Waals surface area contributed by atoms with Crippen molar-refractivity contribution in [3.63, 3.8) is 0 Å². The number of halogens is 4. The number of hydrogen-bond donors (Lipinski definition) is 0. The van der Waals surface area contributed by atoms with E-state index in [9.17, 15) is 13.2 Å². The van der Waals surface area contributed by atoms with Gasteiger partial charge in [0, 0.05) is 48.4 Å². The highest BCUT2D eigenvalue weighted by atomic mass is 35.5. The lowest BCUT2D eigenvalue weighted by atomic mass is 9.59. The van der Waals surface area contributed by atoms with Crippen LogP contribution in [-0.2, 0) is 32.1 Å². The van der Waals surface area contributed by atoms with Crippen LogP contribution in [0, 0.1) is 5.41 Å². The van der Waals surface area contributed by atoms with Gasteiger partial charge in [-0.15, -0.1) is 0 Å². The first-order chi connectivity index (χ1) is 18.6. The third kappa shape index (κ3) is 4.66. The molecule has 218 valence electrons. The maximum atomic E-state index is 13.3. The van der Waals surface area contributed by atoms with Crippen molar-refractivity contribution < 1.29 is 27.1 Å². The summed E-state index contributed by atoms with van der Waals surface area (Å²) in [7, 11) is -2.16. The quantitative estimate of drug-likeness (QED) is 0.263. The molecular weight excluding hydrogens is 555 g/mol. The van der Waals surface area contributed by atoms with Crippen LogP contribution in [-0.4, -0.2) is 26.5 Å². The molecule has 40 heavy (non-hydrogen) atoms. The molecule has 2 aliphatic heterocycles. The summed E-state index contributed by atoms with van der Waals surface area (Å²) >= 11 is 7.03. The van der Waals surface area contributed by atoms with E-state index >= 15 is 0 Å². The minimum Gasteiger partial charge on any atom is -0.410 e. The second-order valence-electron chi connectivity index (χ2n) is 13.9. The highest BCUT2D eigenvalue weighted by Crippen LogP contribution is 2.61. The van der Waals surface area contributed by atoms with E-state index in [0.29, 0.717) is 36.8 Å². The average Bonchev–Trinajstić information content (AvgIpc) is 3.16. The molecule has 1 unspecified atom stereocenters. The van der Waals surface area contributed by atoms with Crippen LogP contribution in [0.2, 0.25) is 23.3 Å². The van der Waals surface area contributed by atoms with Gasteiger partial charge in [-0.2, -0.15) is 13.2 Å². The maximum Gasteiger partial charge on any atom is 0.416 e. The van der Waals surface area contributed by atoms with Gasteiger partial charge in [0.05, 0.1) is 17.3 Å². The molecule has 1 saturated carbocycles. The lowest BCUT2D eigenvalue weighted by molar-refractivity contribution is -0.137. The Morgan fingerprint density at radius 3 is 2.20 bits per heavy atom. The van der Waals surface area contributed by atoms with Gasteiger partial charge in [-0.1, -0.05) is 50.9 Å². The third-order valence-electron chi connectivity index (χ3n) is 10.3. The van der Waals surface area contributed by atoms with E-state index in [2.05, 4.69) is 33.9 Å². The number of ether oxygens (including phenoxy) is 2. The van der Waals surface area contributed by atoms with Gasteiger partial charge in [-0.05, 0) is 66.9 Å². The smallest absolute Gasteiger partial charge is 0.410 e. The summed E-state index contributed by atoms with van der Waals surface area (Å²) in [6.45, 7) is 12.5. The Kier molecular flexibility index (Phi) is 6.83. The molecule has 3 heterocycles. The number of rotatable bonds is 3. The van der Waals surface area contributed by atoms with Crippen LogP contribution < -0.4 is 0 Å². The topological polar surface area (TPSA) is 40.6 Å². The van der Waals surface area contributed by atoms with Crippen LogP contribution in [0.4, 0.5) is 13.2 Å². The summed E-state index contributed by atoms with van der Waals surface area (Å²) in [6.07, 6.45) is 1.59. The molecule has 1 aromatic carbocycles. The fourth-order valence-corrected chi connectivity index (χ4v) is 8.51. The molecule has 6 rings (SSSR count). The molecule has 0 radical (unpaired) electrons. The van der Waals surface area contributed by atoms with Crippen molar-refractivity contribution >= 4 is 19.9 Å². The number of nitrogens with zero attached hydrogens (tertiary/aromatic N) is 1. The predicted molar refractivity (Wildman–Crippen MR) is 151 cm³/mol. The van der Waals surface area contributed by atoms with Gasteiger partial charge in [0.2, 0.25) is 0 Å². The minimum absolute atomic E-state index is 0.0377. The SMILES string of the molecule is CC(C)(C)[Si](C)(C)OC1CC2(CCC2)Cc2nc(Cl)c3c(c21)C1(CCOCC1)O[C@@H]3c1ccc(C(F)(F)F)cc1. The third-order valence-corrected chi connectivity index (χ3v) is 15.1. The Labute approximate surface area is 241 Å². The molecule has 4 nitrogen and oxygen atoms in total. The van der Waals surface area contributed by atoms with Crippen molar-refractivity contribution in [3.05, 3.63) is 62.9 Å². The van der Waals surface area contributed by atoms with Crippen molar-refractivity contribution in [2.24, 2.45) is 5.41 Å². The molecule has 1 aromatic heterocycles. The highest BCUT2D eigenvalue weighted by Gasteiger charge is 2.55. The van der Waals surface area contributed by atoms with Crippen LogP contribution >= 0.6 is 11.6 Å². The number of aromatic nitrogens is 1. The Hall–Kier alpha value is -1.45. The standard InChI is InChI=1S/C31H39ClF3NO3Si/c1-28(2,3)40(4,5)39-22-18-29(11-6-12-29)17-21-23(22)25-24(27(32)36-21)26(38-30(25)13-15-37-16-14-30)19-7-9-20(10-8-19)31(33,34)35/h7-10,22,26H,6,11-18H2,1-5H3/t22?,26-/m1/s1. The van der Waals surface area contributed by atoms with Gasteiger partial charge < -0.3 is 13.9 Å². The number of pyridine rings is 1. The molecule has 0 N–H and O–H groups in total. The van der Waals surface area contributed by atoms with Gasteiger partial charge in [0.25, 0.3) is 0 Å². The summed E-state index contributed by atoms with van der Waals surface area (Å²) in [5.41, 5.74) is 3.51. The molecule has 2 spiro atoms. The summed E-state index contributed by atoms with van der Waals surface area (Å²) < 4.78 is 60.0. The zero-order valence-corrected chi connectivity index (χ0v) is 25.8. The second kappa shape index (κ2) is 9.53. The lowest BCUT2D eigenvalue weighted by Gasteiger charge is -2.51. The largest absolute Gasteiger partial charge is 0.416 e. The first-order valence-corrected chi connectivity index (χ1v) is 17.8. The maximum absolute atomic E-state index is 13.3. The van der Waals surface area contributed by atoms with E-state index < -0.39 is 31.8 Å². The van der Waals surface area contributed by atoms with Crippen molar-refractivity contribution in [2.75, 3.05) is 13.2 Å². The van der Waals surface area contributed by atoms with Gasteiger partial charge in [-0.25, -0.2) is 4.98 Å². The van der Waals surface area contributed by atoms with E-state index in [1.54, 1.807) is 0 Å². The van der Waals surface area contributed by atoms with Gasteiger partial charge in [0.15, 0.2) is 8.32 Å². The zero-order chi connectivity index (χ0) is 28.7. The Morgan fingerprint density at radius 2 is 1.65 bits per heavy atom. The van der Waals surface area contributed by atoms with Crippen molar-refractivity contribution in [1.82, 2.24) is 4.98 Å². The molecule has 2 aliphatic carbocycles. The molecule has 2 aromatic rings. The predicted octanol–water partition coefficient (Wildman–Crippen LogP) is 9.06. The van der Waals surface area contributed by atoms with Crippen LogP contribution in [0.1, 0.15) is 105 Å². The molecule has 0 amide bonds. The molecule has 0 bridgehead atoms. The number of hydrogen-bond acceptors (Lipinski definition) is 4. The Morgan fingerprint density at radius 1 is 1.00 bits per heavy atom. The minimum atomic E-state index is -4.40. The van der Waals surface area contributed by atoms with Gasteiger partial charge >= 0.3 is 6.18 Å². The van der Waals surface area contributed by atoms with Crippen LogP contribution in [0.5, 0.6) is 0 Å². The van der Waals surface area contributed by atoms with E-state index in [0.717, 1.165) is 47.4 Å². The van der Waals surface area contributed by atoms with Gasteiger partial charge in [0.1, 0.15) is 11.3 Å². The summed E-state index contributed by atoms with van der Waals surface area (Å²) in [5, 5.41) is 0.431. The molecule has 9 heteroatoms. The van der Waals surface area contributed by atoms with E-state index in [-0.39, 0.29) is 16.6 Å². The van der Waals surface area contributed by atoms with E-state index in [1.807, 2.05) is 0 Å². The normalized spacial score (nSPS) is 25.5. The zero-order valence-electron chi connectivity index (χ0n) is 24.0. The average molecular weight is 594 g/mol. The number of alkyl halides is 3. The van der Waals surface area contributed by atoms with Crippen molar-refractivity contribution in [1.29, 1.82) is 0 Å². The first kappa shape index (κ1) is 28.7. The Bertz CT molecular complexity index is 1290. The molecule has 2 fully saturated rings.